The lowest BCUT2D eigenvalue weighted by Crippen LogP contribution is -2.34. The zero-order valence-corrected chi connectivity index (χ0v) is 25.8. The fourth-order valence-corrected chi connectivity index (χ4v) is 5.25. The van der Waals surface area contributed by atoms with Crippen LogP contribution in [-0.4, -0.2) is 59.8 Å². The topological polar surface area (TPSA) is 107 Å². The number of halogens is 3. The second kappa shape index (κ2) is 16.8. The predicted molar refractivity (Wildman–Crippen MR) is 168 cm³/mol. The lowest BCUT2D eigenvalue weighted by molar-refractivity contribution is -0.192. The van der Waals surface area contributed by atoms with E-state index in [0.29, 0.717) is 17.9 Å². The smallest absolute Gasteiger partial charge is 0.475 e. The normalized spacial score (nSPS) is 16.5. The van der Waals surface area contributed by atoms with Crippen molar-refractivity contribution in [2.24, 2.45) is 5.92 Å². The molecular weight excluding hydrogens is 571 g/mol. The van der Waals surface area contributed by atoms with Gasteiger partial charge in [-0.1, -0.05) is 56.9 Å². The third-order valence-electron chi connectivity index (χ3n) is 7.77. The van der Waals surface area contributed by atoms with Gasteiger partial charge in [0.1, 0.15) is 5.82 Å². The molecular formula is C33H44F3N5O3. The molecule has 1 fully saturated rings. The van der Waals surface area contributed by atoms with E-state index in [2.05, 4.69) is 35.8 Å². The first-order valence-electron chi connectivity index (χ1n) is 15.4. The van der Waals surface area contributed by atoms with Crippen LogP contribution in [0.1, 0.15) is 80.6 Å². The summed E-state index contributed by atoms with van der Waals surface area (Å²) in [6.45, 7) is 2.98. The molecule has 0 saturated heterocycles. The molecule has 240 valence electrons. The van der Waals surface area contributed by atoms with Crippen LogP contribution >= 0.6 is 0 Å². The summed E-state index contributed by atoms with van der Waals surface area (Å²) in [5.41, 5.74) is 3.04. The van der Waals surface area contributed by atoms with Crippen LogP contribution in [0.2, 0.25) is 0 Å². The molecule has 2 aromatic carbocycles. The van der Waals surface area contributed by atoms with E-state index in [4.69, 9.17) is 19.9 Å². The highest BCUT2D eigenvalue weighted by atomic mass is 19.4. The molecule has 1 aromatic heterocycles. The minimum absolute atomic E-state index is 0.0375. The van der Waals surface area contributed by atoms with Crippen molar-refractivity contribution < 1.29 is 27.9 Å². The number of aromatic nitrogens is 2. The minimum atomic E-state index is -5.08. The number of benzene rings is 2. The number of alkyl halides is 3. The van der Waals surface area contributed by atoms with Crippen molar-refractivity contribution >= 4 is 34.5 Å². The van der Waals surface area contributed by atoms with Gasteiger partial charge >= 0.3 is 12.1 Å². The quantitative estimate of drug-likeness (QED) is 0.184. The largest absolute Gasteiger partial charge is 0.490 e. The Morgan fingerprint density at radius 3 is 2.18 bits per heavy atom. The summed E-state index contributed by atoms with van der Waals surface area (Å²) in [5, 5.41) is 14.9. The van der Waals surface area contributed by atoms with E-state index in [1.165, 1.54) is 37.7 Å². The van der Waals surface area contributed by atoms with Crippen molar-refractivity contribution in [1.82, 2.24) is 15.3 Å². The highest BCUT2D eigenvalue weighted by Crippen LogP contribution is 2.28. The number of unbranched alkanes of at least 4 members (excludes halogenated alkanes) is 4. The van der Waals surface area contributed by atoms with E-state index in [1.54, 1.807) is 0 Å². The van der Waals surface area contributed by atoms with E-state index >= 15 is 0 Å². The lowest BCUT2D eigenvalue weighted by Gasteiger charge is -2.29. The molecule has 1 amide bonds. The molecule has 44 heavy (non-hydrogen) atoms. The predicted octanol–water partition coefficient (Wildman–Crippen LogP) is 7.24. The third kappa shape index (κ3) is 11.0. The SMILES string of the molecule is CCCCCCCc1ccc(C(=O)NCC2CCC(Nc3nc(N(C)C)c4ccccc4n3)CC2)cc1.O=C(O)C(F)(F)F. The average molecular weight is 616 g/mol. The first-order chi connectivity index (χ1) is 21.0. The lowest BCUT2D eigenvalue weighted by atomic mass is 9.86. The van der Waals surface area contributed by atoms with Gasteiger partial charge in [-0.25, -0.2) is 9.78 Å². The van der Waals surface area contributed by atoms with Gasteiger partial charge in [-0.05, 0) is 74.3 Å². The molecule has 3 N–H and O–H groups in total. The van der Waals surface area contributed by atoms with Gasteiger partial charge in [0.25, 0.3) is 5.91 Å². The highest BCUT2D eigenvalue weighted by Gasteiger charge is 2.38. The Labute approximate surface area is 257 Å². The van der Waals surface area contributed by atoms with Crippen molar-refractivity contribution in [3.8, 4) is 0 Å². The van der Waals surface area contributed by atoms with Crippen LogP contribution in [0.3, 0.4) is 0 Å². The number of carbonyl (C=O) groups is 2. The number of para-hydroxylation sites is 1. The molecule has 4 rings (SSSR count). The zero-order valence-electron chi connectivity index (χ0n) is 25.8. The number of amides is 1. The second-order valence-electron chi connectivity index (χ2n) is 11.5. The van der Waals surface area contributed by atoms with Crippen LogP contribution in [0.25, 0.3) is 10.9 Å². The molecule has 8 nitrogen and oxygen atoms in total. The van der Waals surface area contributed by atoms with E-state index in [0.717, 1.165) is 60.9 Å². The van der Waals surface area contributed by atoms with Crippen molar-refractivity contribution in [3.63, 3.8) is 0 Å². The molecule has 1 heterocycles. The third-order valence-corrected chi connectivity index (χ3v) is 7.77. The molecule has 0 aliphatic heterocycles. The standard InChI is InChI=1S/C31H43N5O.C2HF3O2/c1-4-5-6-7-8-11-23-14-18-25(19-15-23)30(37)32-22-24-16-20-26(21-17-24)33-31-34-28-13-10-9-12-27(28)29(35-31)36(2)3;3-2(4,5)1(6)7/h9-10,12-15,18-19,24,26H,4-8,11,16-17,20-22H2,1-3H3,(H,32,37)(H,33,34,35);(H,6,7). The maximum atomic E-state index is 12.7. The van der Waals surface area contributed by atoms with Gasteiger partial charge < -0.3 is 20.6 Å². The van der Waals surface area contributed by atoms with Gasteiger partial charge in [-0.3, -0.25) is 4.79 Å². The summed E-state index contributed by atoms with van der Waals surface area (Å²) in [6.07, 6.45) is 6.75. The van der Waals surface area contributed by atoms with Crippen LogP contribution < -0.4 is 15.5 Å². The van der Waals surface area contributed by atoms with Crippen molar-refractivity contribution in [2.45, 2.75) is 83.4 Å². The Morgan fingerprint density at radius 2 is 1.57 bits per heavy atom. The summed E-state index contributed by atoms with van der Waals surface area (Å²) in [5.74, 6) is -0.574. The number of nitrogens with one attached hydrogen (secondary N) is 2. The Morgan fingerprint density at radius 1 is 0.932 bits per heavy atom. The maximum Gasteiger partial charge on any atom is 0.490 e. The Balaban J connectivity index is 0.000000676. The molecule has 1 saturated carbocycles. The van der Waals surface area contributed by atoms with Gasteiger partial charge in [0.15, 0.2) is 0 Å². The van der Waals surface area contributed by atoms with Gasteiger partial charge in [0.05, 0.1) is 5.52 Å². The fraction of sp³-hybridized carbons (Fsp3) is 0.515. The molecule has 11 heteroatoms. The number of anilines is 2. The summed E-state index contributed by atoms with van der Waals surface area (Å²) >= 11 is 0. The summed E-state index contributed by atoms with van der Waals surface area (Å²) < 4.78 is 31.7. The van der Waals surface area contributed by atoms with Crippen LogP contribution in [0, 0.1) is 5.92 Å². The first kappa shape index (κ1) is 34.6. The Kier molecular flexibility index (Phi) is 13.2. The number of hydrogen-bond donors (Lipinski definition) is 3. The number of rotatable bonds is 12. The van der Waals surface area contributed by atoms with Crippen LogP contribution in [0.5, 0.6) is 0 Å². The second-order valence-corrected chi connectivity index (χ2v) is 11.5. The number of fused-ring (bicyclic) bond motifs is 1. The Bertz CT molecular complexity index is 1340. The van der Waals surface area contributed by atoms with Crippen LogP contribution in [0.15, 0.2) is 48.5 Å². The van der Waals surface area contributed by atoms with E-state index in [-0.39, 0.29) is 5.91 Å². The summed E-state index contributed by atoms with van der Waals surface area (Å²) in [4.78, 5) is 33.2. The van der Waals surface area contributed by atoms with Gasteiger partial charge in [0, 0.05) is 37.6 Å². The van der Waals surface area contributed by atoms with E-state index < -0.39 is 12.1 Å². The number of nitrogens with zero attached hydrogens (tertiary/aromatic N) is 3. The summed E-state index contributed by atoms with van der Waals surface area (Å²) in [6, 6.07) is 16.7. The number of aliphatic carboxylic acids is 1. The van der Waals surface area contributed by atoms with Crippen molar-refractivity contribution in [3.05, 3.63) is 59.7 Å². The molecule has 0 unspecified atom stereocenters. The highest BCUT2D eigenvalue weighted by molar-refractivity contribution is 5.94. The van der Waals surface area contributed by atoms with Crippen molar-refractivity contribution in [1.29, 1.82) is 0 Å². The molecule has 0 radical (unpaired) electrons. The first-order valence-corrected chi connectivity index (χ1v) is 15.4. The van der Waals surface area contributed by atoms with Gasteiger partial charge in [-0.15, -0.1) is 0 Å². The number of aryl methyl sites for hydroxylation is 1. The average Bonchev–Trinajstić information content (AvgIpc) is 3.00. The molecule has 1 aliphatic rings. The summed E-state index contributed by atoms with van der Waals surface area (Å²) in [7, 11) is 4.03. The van der Waals surface area contributed by atoms with E-state index in [1.807, 2.05) is 49.3 Å². The van der Waals surface area contributed by atoms with Crippen molar-refractivity contribution in [2.75, 3.05) is 30.9 Å². The fourth-order valence-electron chi connectivity index (χ4n) is 5.25. The molecule has 1 aliphatic carbocycles. The number of hydrogen-bond acceptors (Lipinski definition) is 6. The number of carbonyl (C=O) groups excluding carboxylic acids is 1. The Hall–Kier alpha value is -3.89. The molecule has 0 bridgehead atoms. The minimum Gasteiger partial charge on any atom is -0.475 e. The molecule has 0 atom stereocenters. The molecule has 3 aromatic rings. The van der Waals surface area contributed by atoms with Crippen LogP contribution in [0.4, 0.5) is 24.9 Å². The monoisotopic (exact) mass is 615 g/mol. The number of carboxylic acids is 1. The zero-order chi connectivity index (χ0) is 32.1. The van der Waals surface area contributed by atoms with Gasteiger partial charge in [-0.2, -0.15) is 18.2 Å². The molecule has 0 spiro atoms. The van der Waals surface area contributed by atoms with E-state index in [9.17, 15) is 18.0 Å². The van der Waals surface area contributed by atoms with Gasteiger partial charge in [0.2, 0.25) is 5.95 Å². The van der Waals surface area contributed by atoms with Crippen LogP contribution in [-0.2, 0) is 11.2 Å². The number of carboxylic acid groups (broad SMARTS) is 1. The maximum absolute atomic E-state index is 12.7.